The molecule has 41 heavy (non-hydrogen) atoms. The highest BCUT2D eigenvalue weighted by atomic mass is 35.5. The van der Waals surface area contributed by atoms with E-state index in [1.807, 2.05) is 84.4 Å². The van der Waals surface area contributed by atoms with Gasteiger partial charge >= 0.3 is 0 Å². The van der Waals surface area contributed by atoms with Crippen molar-refractivity contribution in [3.05, 3.63) is 125 Å². The van der Waals surface area contributed by atoms with E-state index in [1.54, 1.807) is 13.2 Å². The van der Waals surface area contributed by atoms with Gasteiger partial charge in [-0.2, -0.15) is 5.10 Å². The van der Waals surface area contributed by atoms with Crippen molar-refractivity contribution in [2.75, 3.05) is 17.3 Å². The van der Waals surface area contributed by atoms with Gasteiger partial charge in [0.05, 0.1) is 40.9 Å². The Kier molecular flexibility index (Phi) is 6.05. The molecule has 0 bridgehead atoms. The highest BCUT2D eigenvalue weighted by Crippen LogP contribution is 2.49. The van der Waals surface area contributed by atoms with E-state index >= 15 is 0 Å². The third-order valence-corrected chi connectivity index (χ3v) is 7.54. The van der Waals surface area contributed by atoms with Crippen molar-refractivity contribution in [1.82, 2.24) is 9.78 Å². The fourth-order valence-electron chi connectivity index (χ4n) is 5.44. The van der Waals surface area contributed by atoms with Gasteiger partial charge in [0.1, 0.15) is 11.6 Å². The quantitative estimate of drug-likeness (QED) is 0.243. The zero-order valence-corrected chi connectivity index (χ0v) is 23.0. The summed E-state index contributed by atoms with van der Waals surface area (Å²) in [4.78, 5) is 12.3. The average molecular weight is 563 g/mol. The number of fused-ring (bicyclic) bond motifs is 4. The molecule has 9 heteroatoms. The van der Waals surface area contributed by atoms with Gasteiger partial charge in [-0.15, -0.1) is 0 Å². The zero-order valence-electron chi connectivity index (χ0n) is 22.2. The number of benzene rings is 4. The second-order valence-electron chi connectivity index (χ2n) is 9.72. The average Bonchev–Trinajstić information content (AvgIpc) is 3.34. The molecule has 0 aliphatic carbocycles. The van der Waals surface area contributed by atoms with Crippen LogP contribution in [0.25, 0.3) is 5.69 Å². The number of aromatic nitrogens is 2. The number of nitrogens with one attached hydrogen (secondary N) is 1. The van der Waals surface area contributed by atoms with Crippen LogP contribution in [-0.4, -0.2) is 28.6 Å². The van der Waals surface area contributed by atoms with E-state index in [4.69, 9.17) is 31.4 Å². The Morgan fingerprint density at radius 1 is 0.902 bits per heavy atom. The standard InChI is InChI=1S/C32H24ClFN6O/c1-19-28-29(22-12-6-9-15-27(22)41-2)39-26-14-8-7-13-25(26)36-30(35-20-16-17-24(34)23(33)18-20)32(39)37-31(28)40(38-19)21-10-4-3-5-11-21/h3-18,29H,1-2H3,(H,35,36)/t29-/m0/s1. The highest BCUT2D eigenvalue weighted by Gasteiger charge is 2.42. The van der Waals surface area contributed by atoms with Crippen molar-refractivity contribution < 1.29 is 9.13 Å². The smallest absolute Gasteiger partial charge is 0.179 e. The first-order valence-electron chi connectivity index (χ1n) is 13.1. The summed E-state index contributed by atoms with van der Waals surface area (Å²) < 4.78 is 21.7. The van der Waals surface area contributed by atoms with Crippen LogP contribution < -0.4 is 15.0 Å². The van der Waals surface area contributed by atoms with Crippen molar-refractivity contribution in [2.24, 2.45) is 9.98 Å². The van der Waals surface area contributed by atoms with Gasteiger partial charge in [-0.05, 0) is 55.5 Å². The number of para-hydroxylation sites is 4. The zero-order chi connectivity index (χ0) is 28.1. The van der Waals surface area contributed by atoms with Crippen molar-refractivity contribution in [3.63, 3.8) is 0 Å². The third-order valence-electron chi connectivity index (χ3n) is 7.25. The van der Waals surface area contributed by atoms with Gasteiger partial charge < -0.3 is 15.0 Å². The number of aryl methyl sites for hydroxylation is 1. The van der Waals surface area contributed by atoms with Crippen LogP contribution in [0.2, 0.25) is 5.02 Å². The minimum Gasteiger partial charge on any atom is -0.496 e. The molecule has 0 radical (unpaired) electrons. The lowest BCUT2D eigenvalue weighted by molar-refractivity contribution is 0.407. The molecule has 2 aliphatic heterocycles. The highest BCUT2D eigenvalue weighted by molar-refractivity contribution is 6.51. The van der Waals surface area contributed by atoms with Crippen LogP contribution in [0.3, 0.4) is 0 Å². The Labute approximate surface area is 241 Å². The van der Waals surface area contributed by atoms with Crippen molar-refractivity contribution >= 4 is 46.2 Å². The lowest BCUT2D eigenvalue weighted by atomic mass is 9.92. The third kappa shape index (κ3) is 4.15. The summed E-state index contributed by atoms with van der Waals surface area (Å²) >= 11 is 6.12. The minimum absolute atomic E-state index is 0.0150. The molecule has 202 valence electrons. The first kappa shape index (κ1) is 25.0. The predicted octanol–water partition coefficient (Wildman–Crippen LogP) is 7.78. The molecule has 5 aromatic rings. The summed E-state index contributed by atoms with van der Waals surface area (Å²) in [6.07, 6.45) is 0. The largest absolute Gasteiger partial charge is 0.496 e. The Morgan fingerprint density at radius 2 is 1.66 bits per heavy atom. The Balaban J connectivity index is 1.51. The molecule has 1 aromatic heterocycles. The molecule has 4 aromatic carbocycles. The van der Waals surface area contributed by atoms with Crippen LogP contribution in [0, 0.1) is 12.7 Å². The van der Waals surface area contributed by atoms with E-state index in [2.05, 4.69) is 16.3 Å². The van der Waals surface area contributed by atoms with E-state index in [-0.39, 0.29) is 11.1 Å². The Morgan fingerprint density at radius 3 is 2.46 bits per heavy atom. The summed E-state index contributed by atoms with van der Waals surface area (Å²) in [5.41, 5.74) is 5.90. The van der Waals surface area contributed by atoms with Gasteiger partial charge in [-0.1, -0.05) is 60.1 Å². The van der Waals surface area contributed by atoms with Crippen LogP contribution in [0.15, 0.2) is 107 Å². The van der Waals surface area contributed by atoms with Gasteiger partial charge in [0.25, 0.3) is 0 Å². The van der Waals surface area contributed by atoms with Gasteiger partial charge in [-0.3, -0.25) is 0 Å². The number of hydrogen-bond donors (Lipinski definition) is 1. The molecule has 0 amide bonds. The Hall–Kier alpha value is -4.95. The van der Waals surface area contributed by atoms with Gasteiger partial charge in [0.2, 0.25) is 0 Å². The maximum absolute atomic E-state index is 14.0. The molecule has 1 N–H and O–H groups in total. The van der Waals surface area contributed by atoms with E-state index in [1.165, 1.54) is 12.1 Å². The first-order chi connectivity index (χ1) is 20.0. The second-order valence-corrected chi connectivity index (χ2v) is 10.1. The van der Waals surface area contributed by atoms with Crippen molar-refractivity contribution in [2.45, 2.75) is 13.0 Å². The summed E-state index contributed by atoms with van der Waals surface area (Å²) in [5.74, 6) is 2.03. The monoisotopic (exact) mass is 562 g/mol. The summed E-state index contributed by atoms with van der Waals surface area (Å²) in [6.45, 7) is 2.00. The van der Waals surface area contributed by atoms with Gasteiger partial charge in [0, 0.05) is 16.8 Å². The van der Waals surface area contributed by atoms with E-state index < -0.39 is 5.82 Å². The molecule has 7 nitrogen and oxygen atoms in total. The van der Waals surface area contributed by atoms with Crippen LogP contribution in [0.1, 0.15) is 22.9 Å². The number of halogens is 2. The van der Waals surface area contributed by atoms with Crippen LogP contribution in [0.5, 0.6) is 5.75 Å². The number of hydrogen-bond acceptors (Lipinski definition) is 6. The predicted molar refractivity (Wildman–Crippen MR) is 161 cm³/mol. The summed E-state index contributed by atoms with van der Waals surface area (Å²) in [7, 11) is 1.68. The fraction of sp³-hybridized carbons (Fsp3) is 0.0938. The normalized spacial score (nSPS) is 15.3. The lowest BCUT2D eigenvalue weighted by Crippen LogP contribution is -2.46. The summed E-state index contributed by atoms with van der Waals surface area (Å²) in [6, 6.07) is 30.0. The number of aliphatic imine (C=N–C) groups is 2. The number of nitrogens with zero attached hydrogens (tertiary/aromatic N) is 5. The molecule has 0 unspecified atom stereocenters. The maximum atomic E-state index is 14.0. The van der Waals surface area contributed by atoms with Crippen molar-refractivity contribution in [1.29, 1.82) is 0 Å². The lowest BCUT2D eigenvalue weighted by Gasteiger charge is -2.41. The maximum Gasteiger partial charge on any atom is 0.179 e. The number of rotatable bonds is 4. The van der Waals surface area contributed by atoms with Crippen LogP contribution in [0.4, 0.5) is 27.3 Å². The SMILES string of the molecule is COc1ccccc1[C@H]1c2c(C)nn(-c3ccccc3)c2N=C2C(Nc3ccc(F)c(Cl)c3)=Nc3ccccc3N21. The van der Waals surface area contributed by atoms with Crippen molar-refractivity contribution in [3.8, 4) is 11.4 Å². The van der Waals surface area contributed by atoms with Crippen LogP contribution >= 0.6 is 11.6 Å². The number of amidine groups is 2. The molecular formula is C32H24ClFN6O. The van der Waals surface area contributed by atoms with E-state index in [0.29, 0.717) is 23.2 Å². The fourth-order valence-corrected chi connectivity index (χ4v) is 5.62. The topological polar surface area (TPSA) is 67.0 Å². The molecule has 7 rings (SSSR count). The van der Waals surface area contributed by atoms with Gasteiger partial charge in [0.15, 0.2) is 17.5 Å². The molecule has 0 spiro atoms. The number of ether oxygens (including phenoxy) is 1. The molecule has 2 aliphatic rings. The van der Waals surface area contributed by atoms with Crippen LogP contribution in [-0.2, 0) is 0 Å². The molecule has 3 heterocycles. The molecular weight excluding hydrogens is 539 g/mol. The van der Waals surface area contributed by atoms with Gasteiger partial charge in [-0.25, -0.2) is 19.1 Å². The number of methoxy groups -OCH3 is 1. The minimum atomic E-state index is -0.493. The summed E-state index contributed by atoms with van der Waals surface area (Å²) in [5, 5.41) is 8.33. The molecule has 1 atom stereocenters. The molecule has 0 saturated carbocycles. The second kappa shape index (κ2) is 9.91. The molecule has 0 saturated heterocycles. The molecule has 0 fully saturated rings. The Bertz CT molecular complexity index is 1870. The first-order valence-corrected chi connectivity index (χ1v) is 13.5. The van der Waals surface area contributed by atoms with E-state index in [0.717, 1.165) is 39.6 Å². The van der Waals surface area contributed by atoms with E-state index in [9.17, 15) is 4.39 Å². The number of anilines is 2.